The van der Waals surface area contributed by atoms with Crippen molar-refractivity contribution in [3.63, 3.8) is 0 Å². The third-order valence-electron chi connectivity index (χ3n) is 4.29. The number of carboxylic acids is 1. The van der Waals surface area contributed by atoms with Gasteiger partial charge in [0, 0.05) is 10.9 Å². The minimum atomic E-state index is -1.18. The van der Waals surface area contributed by atoms with E-state index in [0.717, 1.165) is 18.4 Å². The summed E-state index contributed by atoms with van der Waals surface area (Å²) in [6.07, 6.45) is 1.63. The fraction of sp³-hybridized carbons (Fsp3) is 0.200. The Hall–Kier alpha value is -3.08. The second-order valence-corrected chi connectivity index (χ2v) is 5.92. The molecule has 25 heavy (non-hydrogen) atoms. The van der Waals surface area contributed by atoms with E-state index in [2.05, 4.69) is 17.1 Å². The quantitative estimate of drug-likeness (QED) is 0.741. The van der Waals surface area contributed by atoms with Gasteiger partial charge in [0.25, 0.3) is 0 Å². The van der Waals surface area contributed by atoms with Gasteiger partial charge >= 0.3 is 5.97 Å². The Morgan fingerprint density at radius 3 is 2.44 bits per heavy atom. The summed E-state index contributed by atoms with van der Waals surface area (Å²) in [6, 6.07) is 13.8. The molecule has 5 heteroatoms. The van der Waals surface area contributed by atoms with Crippen molar-refractivity contribution in [1.82, 2.24) is 4.98 Å². The average molecular weight is 337 g/mol. The maximum Gasteiger partial charge on any atom is 0.354 e. The van der Waals surface area contributed by atoms with Crippen LogP contribution in [0.2, 0.25) is 0 Å². The smallest absolute Gasteiger partial charge is 0.354 e. The number of hydrogen-bond acceptors (Lipinski definition) is 4. The number of aromatic hydroxyl groups is 1. The van der Waals surface area contributed by atoms with Crippen molar-refractivity contribution in [2.45, 2.75) is 19.8 Å². The number of ether oxygens (including phenoxy) is 1. The highest BCUT2D eigenvalue weighted by Gasteiger charge is 2.19. The van der Waals surface area contributed by atoms with E-state index in [4.69, 9.17) is 4.74 Å². The van der Waals surface area contributed by atoms with Crippen LogP contribution in [0.15, 0.2) is 42.5 Å². The number of pyridine rings is 1. The zero-order valence-corrected chi connectivity index (χ0v) is 14.1. The largest absolute Gasteiger partial charge is 0.507 e. The molecule has 0 saturated carbocycles. The van der Waals surface area contributed by atoms with Gasteiger partial charge in [0.05, 0.1) is 7.11 Å². The van der Waals surface area contributed by atoms with Gasteiger partial charge < -0.3 is 14.9 Å². The Bertz CT molecular complexity index is 936. The number of rotatable bonds is 5. The van der Waals surface area contributed by atoms with Crippen molar-refractivity contribution in [2.24, 2.45) is 0 Å². The van der Waals surface area contributed by atoms with Crippen LogP contribution in [0.5, 0.6) is 11.5 Å². The molecule has 0 bridgehead atoms. The molecule has 0 radical (unpaired) electrons. The van der Waals surface area contributed by atoms with Gasteiger partial charge in [0.1, 0.15) is 17.0 Å². The SMILES string of the molecule is COc1cc(CCc2ccccc2)cc2c(O)c(C)c(C(=O)O)nc12. The van der Waals surface area contributed by atoms with Gasteiger partial charge in [-0.25, -0.2) is 9.78 Å². The molecule has 0 amide bonds. The number of aryl methyl sites for hydroxylation is 2. The number of carbonyl (C=O) groups is 1. The van der Waals surface area contributed by atoms with E-state index in [-0.39, 0.29) is 17.0 Å². The summed E-state index contributed by atoms with van der Waals surface area (Å²) in [5.41, 5.74) is 2.66. The first-order valence-electron chi connectivity index (χ1n) is 7.98. The van der Waals surface area contributed by atoms with Crippen LogP contribution in [-0.4, -0.2) is 28.3 Å². The lowest BCUT2D eigenvalue weighted by Gasteiger charge is -2.13. The molecular weight excluding hydrogens is 318 g/mol. The molecule has 0 unspecified atom stereocenters. The molecule has 0 saturated heterocycles. The minimum Gasteiger partial charge on any atom is -0.507 e. The highest BCUT2D eigenvalue weighted by atomic mass is 16.5. The molecule has 1 heterocycles. The van der Waals surface area contributed by atoms with Crippen LogP contribution in [0, 0.1) is 6.92 Å². The summed E-state index contributed by atoms with van der Waals surface area (Å²) in [6.45, 7) is 1.55. The van der Waals surface area contributed by atoms with Gasteiger partial charge in [-0.2, -0.15) is 0 Å². The number of methoxy groups -OCH3 is 1. The van der Waals surface area contributed by atoms with Gasteiger partial charge in [0.15, 0.2) is 5.69 Å². The minimum absolute atomic E-state index is 0.0674. The Balaban J connectivity index is 2.06. The summed E-state index contributed by atoms with van der Waals surface area (Å²) in [5.74, 6) is -0.787. The number of aromatic nitrogens is 1. The number of benzene rings is 2. The molecule has 128 valence electrons. The first-order chi connectivity index (χ1) is 12.0. The van der Waals surface area contributed by atoms with Crippen molar-refractivity contribution in [3.05, 3.63) is 64.8 Å². The average Bonchev–Trinajstić information content (AvgIpc) is 2.63. The molecule has 2 N–H and O–H groups in total. The third kappa shape index (κ3) is 3.26. The van der Waals surface area contributed by atoms with E-state index in [1.54, 1.807) is 6.92 Å². The second kappa shape index (κ2) is 6.81. The molecular formula is C20H19NO4. The summed E-state index contributed by atoms with van der Waals surface area (Å²) in [7, 11) is 1.51. The number of nitrogens with zero attached hydrogens (tertiary/aromatic N) is 1. The Morgan fingerprint density at radius 2 is 1.80 bits per heavy atom. The highest BCUT2D eigenvalue weighted by Crippen LogP contribution is 2.35. The zero-order chi connectivity index (χ0) is 18.0. The molecule has 3 aromatic rings. The standard InChI is InChI=1S/C20H19NO4/c1-12-17(20(23)24)21-18-15(19(12)22)10-14(11-16(18)25-2)9-8-13-6-4-3-5-7-13/h3-7,10-11H,8-9H2,1-2H3,(H,21,22)(H,23,24). The van der Waals surface area contributed by atoms with E-state index >= 15 is 0 Å². The van der Waals surface area contributed by atoms with Crippen molar-refractivity contribution in [1.29, 1.82) is 0 Å². The lowest BCUT2D eigenvalue weighted by atomic mass is 10.0. The topological polar surface area (TPSA) is 79.7 Å². The monoisotopic (exact) mass is 337 g/mol. The molecule has 0 aliphatic carbocycles. The highest BCUT2D eigenvalue weighted by molar-refractivity contribution is 5.97. The number of carboxylic acid groups (broad SMARTS) is 1. The molecule has 3 rings (SSSR count). The number of aromatic carboxylic acids is 1. The van der Waals surface area contributed by atoms with Gasteiger partial charge in [0.2, 0.25) is 0 Å². The molecule has 0 spiro atoms. The van der Waals surface area contributed by atoms with Gasteiger partial charge in [-0.15, -0.1) is 0 Å². The lowest BCUT2D eigenvalue weighted by Crippen LogP contribution is -2.05. The van der Waals surface area contributed by atoms with Gasteiger partial charge in [-0.3, -0.25) is 0 Å². The van der Waals surface area contributed by atoms with Crippen LogP contribution in [0.3, 0.4) is 0 Å². The molecule has 0 atom stereocenters. The zero-order valence-electron chi connectivity index (χ0n) is 14.1. The van der Waals surface area contributed by atoms with E-state index in [0.29, 0.717) is 16.7 Å². The number of hydrogen-bond donors (Lipinski definition) is 2. The third-order valence-corrected chi connectivity index (χ3v) is 4.29. The maximum absolute atomic E-state index is 11.3. The first-order valence-corrected chi connectivity index (χ1v) is 7.98. The van der Waals surface area contributed by atoms with E-state index in [1.165, 1.54) is 12.7 Å². The van der Waals surface area contributed by atoms with Crippen LogP contribution < -0.4 is 4.74 Å². The molecule has 1 aromatic heterocycles. The van der Waals surface area contributed by atoms with Crippen molar-refractivity contribution < 1.29 is 19.7 Å². The fourth-order valence-electron chi connectivity index (χ4n) is 2.91. The van der Waals surface area contributed by atoms with Gasteiger partial charge in [-0.1, -0.05) is 30.3 Å². The Kier molecular flexibility index (Phi) is 4.57. The number of fused-ring (bicyclic) bond motifs is 1. The predicted molar refractivity (Wildman–Crippen MR) is 95.5 cm³/mol. The molecule has 0 aliphatic heterocycles. The van der Waals surface area contributed by atoms with Crippen LogP contribution >= 0.6 is 0 Å². The van der Waals surface area contributed by atoms with Crippen molar-refractivity contribution >= 4 is 16.9 Å². The van der Waals surface area contributed by atoms with Crippen molar-refractivity contribution in [2.75, 3.05) is 7.11 Å². The first kappa shape index (κ1) is 16.8. The fourth-order valence-corrected chi connectivity index (χ4v) is 2.91. The summed E-state index contributed by atoms with van der Waals surface area (Å²) >= 11 is 0. The molecule has 0 aliphatic rings. The van der Waals surface area contributed by atoms with Crippen LogP contribution in [0.1, 0.15) is 27.2 Å². The Labute approximate surface area is 145 Å². The van der Waals surface area contributed by atoms with E-state index < -0.39 is 5.97 Å². The van der Waals surface area contributed by atoms with E-state index in [1.807, 2.05) is 30.3 Å². The molecule has 0 fully saturated rings. The van der Waals surface area contributed by atoms with Gasteiger partial charge in [-0.05, 0) is 43.0 Å². The Morgan fingerprint density at radius 1 is 1.12 bits per heavy atom. The molecule has 2 aromatic carbocycles. The maximum atomic E-state index is 11.3. The normalized spacial score (nSPS) is 10.8. The summed E-state index contributed by atoms with van der Waals surface area (Å²) in [5, 5.41) is 20.2. The second-order valence-electron chi connectivity index (χ2n) is 5.92. The van der Waals surface area contributed by atoms with E-state index in [9.17, 15) is 15.0 Å². The summed E-state index contributed by atoms with van der Waals surface area (Å²) in [4.78, 5) is 15.5. The van der Waals surface area contributed by atoms with Crippen LogP contribution in [0.4, 0.5) is 0 Å². The van der Waals surface area contributed by atoms with Crippen LogP contribution in [-0.2, 0) is 12.8 Å². The lowest BCUT2D eigenvalue weighted by molar-refractivity contribution is 0.0689. The van der Waals surface area contributed by atoms with Crippen LogP contribution in [0.25, 0.3) is 10.9 Å². The van der Waals surface area contributed by atoms with Crippen molar-refractivity contribution in [3.8, 4) is 11.5 Å². The predicted octanol–water partition coefficient (Wildman–Crippen LogP) is 3.74. The molecule has 5 nitrogen and oxygen atoms in total. The summed E-state index contributed by atoms with van der Waals surface area (Å²) < 4.78 is 5.38.